The number of nitrogens with zero attached hydrogens (tertiary/aromatic N) is 4. The summed E-state index contributed by atoms with van der Waals surface area (Å²) < 4.78 is 2.24. The van der Waals surface area contributed by atoms with E-state index in [-0.39, 0.29) is 0 Å². The highest BCUT2D eigenvalue weighted by molar-refractivity contribution is 5.96. The van der Waals surface area contributed by atoms with Crippen LogP contribution in [-0.4, -0.2) is 19.5 Å². The lowest BCUT2D eigenvalue weighted by atomic mass is 9.91. The highest BCUT2D eigenvalue weighted by Gasteiger charge is 2.19. The normalized spacial score (nSPS) is 11.3. The fourth-order valence-electron chi connectivity index (χ4n) is 9.21. The highest BCUT2D eigenvalue weighted by atomic mass is 15.1. The Morgan fingerprint density at radius 1 is 0.239 bits per heavy atom. The zero-order chi connectivity index (χ0) is 44.5. The third kappa shape index (κ3) is 7.67. The molecule has 4 nitrogen and oxygen atoms in total. The summed E-state index contributed by atoms with van der Waals surface area (Å²) in [5, 5.41) is 0. The summed E-state index contributed by atoms with van der Waals surface area (Å²) in [4.78, 5) is 16.0. The third-order valence-electron chi connectivity index (χ3n) is 12.7. The number of benzene rings is 10. The molecule has 0 aliphatic carbocycles. The van der Waals surface area contributed by atoms with Gasteiger partial charge in [0.2, 0.25) is 0 Å². The van der Waals surface area contributed by atoms with Gasteiger partial charge in [0.05, 0.1) is 33.5 Å². The number of rotatable bonds is 9. The minimum atomic E-state index is 0.836. The Morgan fingerprint density at radius 2 is 0.567 bits per heavy atom. The highest BCUT2D eigenvalue weighted by Crippen LogP contribution is 2.40. The van der Waals surface area contributed by atoms with Crippen molar-refractivity contribution in [2.75, 3.05) is 0 Å². The summed E-state index contributed by atoms with van der Waals surface area (Å²) in [5.74, 6) is 0.915. The van der Waals surface area contributed by atoms with E-state index >= 15 is 0 Å². The van der Waals surface area contributed by atoms with Crippen molar-refractivity contribution in [3.05, 3.63) is 255 Å². The molecule has 0 amide bonds. The molecule has 12 rings (SSSR count). The van der Waals surface area contributed by atoms with Gasteiger partial charge in [0, 0.05) is 22.4 Å². The summed E-state index contributed by atoms with van der Waals surface area (Å²) in [6, 6.07) is 89.8. The largest absolute Gasteiger partial charge is 0.292 e. The SMILES string of the molecule is c1ccc(-c2ccc(-c3cc4nc(-c5ccccc5)c(-c5ccc(-c6ccc(-c7nc8ccccc8n7-c7ccccc7)cc6)cc5)nc4cc3-c3ccc(-c4ccccc4)cc3)cc2)cc1. The summed E-state index contributed by atoms with van der Waals surface area (Å²) >= 11 is 0. The molecule has 0 N–H and O–H groups in total. The minimum absolute atomic E-state index is 0.836. The predicted molar refractivity (Wildman–Crippen MR) is 278 cm³/mol. The fourth-order valence-corrected chi connectivity index (χ4v) is 9.21. The molecule has 0 saturated heterocycles. The second-order valence-electron chi connectivity index (χ2n) is 16.8. The molecule has 0 unspecified atom stereocenters. The van der Waals surface area contributed by atoms with Gasteiger partial charge < -0.3 is 0 Å². The molecule has 0 radical (unpaired) electrons. The molecule has 2 aromatic heterocycles. The molecule has 0 spiro atoms. The van der Waals surface area contributed by atoms with Crippen molar-refractivity contribution in [2.24, 2.45) is 0 Å². The smallest absolute Gasteiger partial charge is 0.145 e. The van der Waals surface area contributed by atoms with E-state index < -0.39 is 0 Å². The van der Waals surface area contributed by atoms with E-state index in [2.05, 4.69) is 241 Å². The standard InChI is InChI=1S/C63H42N4/c1-5-15-43(16-6-1)45-25-33-49(34-26-45)55-41-58-59(42-56(55)50-35-27-46(28-36-50)44-17-7-2-8-18-44)65-62(61(64-58)51-19-9-3-10-20-51)52-37-29-47(30-38-52)48-31-39-53(40-32-48)63-66-57-23-13-14-24-60(57)67(63)54-21-11-4-12-22-54/h1-42H. The van der Waals surface area contributed by atoms with Gasteiger partial charge in [-0.05, 0) is 92.0 Å². The molecule has 12 aromatic rings. The molecule has 2 heterocycles. The Morgan fingerprint density at radius 3 is 1.03 bits per heavy atom. The fraction of sp³-hybridized carbons (Fsp3) is 0. The summed E-state index contributed by atoms with van der Waals surface area (Å²) in [6.45, 7) is 0. The van der Waals surface area contributed by atoms with Gasteiger partial charge in [-0.1, -0.05) is 218 Å². The van der Waals surface area contributed by atoms with Gasteiger partial charge in [0.25, 0.3) is 0 Å². The van der Waals surface area contributed by atoms with Crippen molar-refractivity contribution in [3.8, 4) is 95.2 Å². The minimum Gasteiger partial charge on any atom is -0.292 e. The average molecular weight is 855 g/mol. The van der Waals surface area contributed by atoms with E-state index in [1.54, 1.807) is 0 Å². The Kier molecular flexibility index (Phi) is 10.2. The maximum absolute atomic E-state index is 5.49. The summed E-state index contributed by atoms with van der Waals surface area (Å²) in [6.07, 6.45) is 0. The number of fused-ring (bicyclic) bond motifs is 2. The summed E-state index contributed by atoms with van der Waals surface area (Å²) in [5.41, 5.74) is 21.0. The van der Waals surface area contributed by atoms with E-state index in [1.165, 1.54) is 22.3 Å². The lowest BCUT2D eigenvalue weighted by Crippen LogP contribution is -1.97. The number of hydrogen-bond acceptors (Lipinski definition) is 3. The predicted octanol–water partition coefficient (Wildman–Crippen LogP) is 16.3. The van der Waals surface area contributed by atoms with Crippen LogP contribution in [0.2, 0.25) is 0 Å². The van der Waals surface area contributed by atoms with Crippen LogP contribution in [0.3, 0.4) is 0 Å². The van der Waals surface area contributed by atoms with Crippen molar-refractivity contribution >= 4 is 22.1 Å². The molecule has 10 aromatic carbocycles. The van der Waals surface area contributed by atoms with Crippen LogP contribution in [0.4, 0.5) is 0 Å². The second-order valence-corrected chi connectivity index (χ2v) is 16.8. The van der Waals surface area contributed by atoms with E-state index in [0.29, 0.717) is 0 Å². The van der Waals surface area contributed by atoms with Gasteiger partial charge >= 0.3 is 0 Å². The Bertz CT molecular complexity index is 3660. The maximum atomic E-state index is 5.49. The third-order valence-corrected chi connectivity index (χ3v) is 12.7. The molecular formula is C63H42N4. The molecule has 314 valence electrons. The van der Waals surface area contributed by atoms with Crippen molar-refractivity contribution in [1.29, 1.82) is 0 Å². The van der Waals surface area contributed by atoms with E-state index in [1.807, 2.05) is 18.2 Å². The van der Waals surface area contributed by atoms with Crippen LogP contribution < -0.4 is 0 Å². The lowest BCUT2D eigenvalue weighted by Gasteiger charge is -2.16. The Balaban J connectivity index is 0.939. The van der Waals surface area contributed by atoms with Crippen LogP contribution in [0.5, 0.6) is 0 Å². The first-order chi connectivity index (χ1) is 33.2. The number of hydrogen-bond donors (Lipinski definition) is 0. The first-order valence-corrected chi connectivity index (χ1v) is 22.7. The first kappa shape index (κ1) is 39.6. The van der Waals surface area contributed by atoms with Crippen molar-refractivity contribution in [3.63, 3.8) is 0 Å². The molecule has 67 heavy (non-hydrogen) atoms. The molecule has 4 heteroatoms. The average Bonchev–Trinajstić information content (AvgIpc) is 3.81. The van der Waals surface area contributed by atoms with Gasteiger partial charge in [0.1, 0.15) is 5.82 Å². The topological polar surface area (TPSA) is 43.6 Å². The monoisotopic (exact) mass is 854 g/mol. The zero-order valence-corrected chi connectivity index (χ0v) is 36.5. The van der Waals surface area contributed by atoms with Crippen LogP contribution in [0, 0.1) is 0 Å². The summed E-state index contributed by atoms with van der Waals surface area (Å²) in [7, 11) is 0. The Labute approximate surface area is 389 Å². The number of para-hydroxylation sites is 3. The molecule has 0 atom stereocenters. The molecule has 0 aliphatic rings. The van der Waals surface area contributed by atoms with E-state index in [9.17, 15) is 0 Å². The number of imidazole rings is 1. The van der Waals surface area contributed by atoms with Gasteiger partial charge in [-0.2, -0.15) is 0 Å². The van der Waals surface area contributed by atoms with Crippen LogP contribution in [0.1, 0.15) is 0 Å². The molecule has 0 bridgehead atoms. The Hall–Kier alpha value is -8.99. The van der Waals surface area contributed by atoms with Gasteiger partial charge in [0.15, 0.2) is 0 Å². The van der Waals surface area contributed by atoms with Crippen LogP contribution in [0.15, 0.2) is 255 Å². The van der Waals surface area contributed by atoms with E-state index in [0.717, 1.165) is 95.0 Å². The molecule has 0 saturated carbocycles. The van der Waals surface area contributed by atoms with E-state index in [4.69, 9.17) is 15.0 Å². The van der Waals surface area contributed by atoms with Crippen LogP contribution in [-0.2, 0) is 0 Å². The zero-order valence-electron chi connectivity index (χ0n) is 36.5. The van der Waals surface area contributed by atoms with Crippen LogP contribution >= 0.6 is 0 Å². The van der Waals surface area contributed by atoms with Gasteiger partial charge in [-0.15, -0.1) is 0 Å². The van der Waals surface area contributed by atoms with Crippen LogP contribution in [0.25, 0.3) is 117 Å². The maximum Gasteiger partial charge on any atom is 0.145 e. The quantitative estimate of drug-likeness (QED) is 0.145. The van der Waals surface area contributed by atoms with Crippen molar-refractivity contribution in [2.45, 2.75) is 0 Å². The molecular weight excluding hydrogens is 813 g/mol. The lowest BCUT2D eigenvalue weighted by molar-refractivity contribution is 1.10. The first-order valence-electron chi connectivity index (χ1n) is 22.7. The van der Waals surface area contributed by atoms with Gasteiger partial charge in [-0.3, -0.25) is 4.57 Å². The molecule has 0 aliphatic heterocycles. The second kappa shape index (κ2) is 17.2. The van der Waals surface area contributed by atoms with Crippen molar-refractivity contribution in [1.82, 2.24) is 19.5 Å². The van der Waals surface area contributed by atoms with Crippen molar-refractivity contribution < 1.29 is 0 Å². The van der Waals surface area contributed by atoms with Gasteiger partial charge in [-0.25, -0.2) is 15.0 Å². The molecule has 0 fully saturated rings. The number of aromatic nitrogens is 4.